The number of hydrogen-bond donors (Lipinski definition) is 1. The van der Waals surface area contributed by atoms with Gasteiger partial charge in [0.15, 0.2) is 11.5 Å². The highest BCUT2D eigenvalue weighted by atomic mass is 79.9. The molecule has 0 radical (unpaired) electrons. The van der Waals surface area contributed by atoms with Crippen LogP contribution in [0.2, 0.25) is 0 Å². The maximum Gasteiger partial charge on any atom is 0.294 e. The van der Waals surface area contributed by atoms with E-state index in [1.54, 1.807) is 54.6 Å². The van der Waals surface area contributed by atoms with Gasteiger partial charge in [-0.15, -0.1) is 0 Å². The topological polar surface area (TPSA) is 118 Å². The highest BCUT2D eigenvalue weighted by Crippen LogP contribution is 2.38. The van der Waals surface area contributed by atoms with Crippen molar-refractivity contribution in [2.75, 3.05) is 25.6 Å². The van der Waals surface area contributed by atoms with Gasteiger partial charge in [-0.3, -0.25) is 19.3 Å². The largest absolute Gasteiger partial charge is 0.494 e. The first-order chi connectivity index (χ1) is 19.3. The van der Waals surface area contributed by atoms with Gasteiger partial charge in [0.1, 0.15) is 18.9 Å². The highest BCUT2D eigenvalue weighted by molar-refractivity contribution is 9.10. The van der Waals surface area contributed by atoms with Crippen molar-refractivity contribution in [2.24, 2.45) is 0 Å². The molecule has 1 aliphatic heterocycles. The van der Waals surface area contributed by atoms with Gasteiger partial charge in [-0.25, -0.2) is 0 Å². The van der Waals surface area contributed by atoms with Crippen molar-refractivity contribution in [1.82, 2.24) is 4.90 Å². The fourth-order valence-electron chi connectivity index (χ4n) is 3.77. The van der Waals surface area contributed by atoms with Gasteiger partial charge in [-0.1, -0.05) is 34.1 Å². The summed E-state index contributed by atoms with van der Waals surface area (Å²) in [7, 11) is 1.49. The van der Waals surface area contributed by atoms with Crippen LogP contribution in [0.3, 0.4) is 0 Å². The number of carbonyl (C=O) groups excluding carboxylic acids is 3. The molecule has 1 aliphatic rings. The summed E-state index contributed by atoms with van der Waals surface area (Å²) in [6, 6.07) is 19.4. The predicted molar refractivity (Wildman–Crippen MR) is 155 cm³/mol. The number of nitrogens with one attached hydrogen (secondary N) is 1. The Balaban J connectivity index is 1.45. The Bertz CT molecular complexity index is 1520. The third kappa shape index (κ3) is 6.83. The van der Waals surface area contributed by atoms with E-state index in [0.717, 1.165) is 22.2 Å². The van der Waals surface area contributed by atoms with E-state index in [0.29, 0.717) is 45.1 Å². The average Bonchev–Trinajstić information content (AvgIpc) is 3.21. The lowest BCUT2D eigenvalue weighted by molar-refractivity contribution is -0.127. The Morgan fingerprint density at radius 1 is 1.10 bits per heavy atom. The van der Waals surface area contributed by atoms with Crippen LogP contribution in [-0.4, -0.2) is 42.2 Å². The number of nitrogens with zero attached hydrogens (tertiary/aromatic N) is 2. The standard InChI is InChI=1S/C29H24BrN3O6S/c1-3-38-22-10-8-21(9-11-22)32-27(34)16-33-28(35)26(40-29(33)36)13-20-12-24(37-2)25(14-23(20)30)39-17-19-7-5-4-6-18(19)15-31/h4-14H,3,16-17H2,1-2H3,(H,32,34)/b26-13+. The molecule has 9 nitrogen and oxygen atoms in total. The number of benzene rings is 3. The second-order valence-electron chi connectivity index (χ2n) is 8.36. The minimum Gasteiger partial charge on any atom is -0.494 e. The predicted octanol–water partition coefficient (Wildman–Crippen LogP) is 5.98. The summed E-state index contributed by atoms with van der Waals surface area (Å²) in [4.78, 5) is 39.2. The third-order valence-corrected chi connectivity index (χ3v) is 7.31. The molecule has 0 spiro atoms. The molecule has 0 aromatic heterocycles. The molecule has 1 N–H and O–H groups in total. The number of halogens is 1. The first-order valence-electron chi connectivity index (χ1n) is 12.1. The molecule has 3 aromatic carbocycles. The van der Waals surface area contributed by atoms with Crippen LogP contribution in [-0.2, 0) is 16.2 Å². The molecule has 3 amide bonds. The zero-order chi connectivity index (χ0) is 28.6. The summed E-state index contributed by atoms with van der Waals surface area (Å²) in [5, 5.41) is 11.4. The Morgan fingerprint density at radius 3 is 2.55 bits per heavy atom. The number of anilines is 1. The van der Waals surface area contributed by atoms with Gasteiger partial charge in [0.25, 0.3) is 11.1 Å². The maximum atomic E-state index is 13.0. The molecular formula is C29H24BrN3O6S. The first kappa shape index (κ1) is 28.7. The van der Waals surface area contributed by atoms with Crippen molar-refractivity contribution in [1.29, 1.82) is 5.26 Å². The second-order valence-corrected chi connectivity index (χ2v) is 10.2. The maximum absolute atomic E-state index is 13.0. The quantitative estimate of drug-likeness (QED) is 0.275. The van der Waals surface area contributed by atoms with Gasteiger partial charge in [0, 0.05) is 15.7 Å². The average molecular weight is 622 g/mol. The fourth-order valence-corrected chi connectivity index (χ4v) is 5.03. The van der Waals surface area contributed by atoms with Gasteiger partial charge >= 0.3 is 0 Å². The van der Waals surface area contributed by atoms with E-state index in [9.17, 15) is 19.6 Å². The fraction of sp³-hybridized carbons (Fsp3) is 0.172. The molecule has 0 unspecified atom stereocenters. The summed E-state index contributed by atoms with van der Waals surface area (Å²) in [6.45, 7) is 2.14. The van der Waals surface area contributed by atoms with Gasteiger partial charge in [0.2, 0.25) is 5.91 Å². The summed E-state index contributed by atoms with van der Waals surface area (Å²) >= 11 is 4.24. The van der Waals surface area contributed by atoms with Crippen LogP contribution in [0.25, 0.3) is 6.08 Å². The summed E-state index contributed by atoms with van der Waals surface area (Å²) in [6.07, 6.45) is 1.55. The number of hydrogen-bond acceptors (Lipinski definition) is 8. The van der Waals surface area contributed by atoms with Crippen molar-refractivity contribution in [2.45, 2.75) is 13.5 Å². The molecule has 0 saturated carbocycles. The van der Waals surface area contributed by atoms with E-state index in [-0.39, 0.29) is 11.5 Å². The molecule has 1 saturated heterocycles. The smallest absolute Gasteiger partial charge is 0.294 e. The highest BCUT2D eigenvalue weighted by Gasteiger charge is 2.36. The molecule has 0 bridgehead atoms. The third-order valence-electron chi connectivity index (χ3n) is 5.71. The molecule has 0 atom stereocenters. The number of methoxy groups -OCH3 is 1. The monoisotopic (exact) mass is 621 g/mol. The van der Waals surface area contributed by atoms with Crippen LogP contribution >= 0.6 is 27.7 Å². The molecule has 11 heteroatoms. The van der Waals surface area contributed by atoms with Crippen molar-refractivity contribution >= 4 is 56.5 Å². The van der Waals surface area contributed by atoms with E-state index in [1.807, 2.05) is 19.1 Å². The number of carbonyl (C=O) groups is 3. The van der Waals surface area contributed by atoms with Crippen LogP contribution in [0.5, 0.6) is 17.2 Å². The van der Waals surface area contributed by atoms with Crippen LogP contribution < -0.4 is 19.5 Å². The lowest BCUT2D eigenvalue weighted by atomic mass is 10.1. The van der Waals surface area contributed by atoms with Crippen LogP contribution in [0.1, 0.15) is 23.6 Å². The van der Waals surface area contributed by atoms with Crippen molar-refractivity contribution < 1.29 is 28.6 Å². The molecule has 40 heavy (non-hydrogen) atoms. The van der Waals surface area contributed by atoms with Gasteiger partial charge in [0.05, 0.1) is 30.3 Å². The Hall–Kier alpha value is -4.27. The van der Waals surface area contributed by atoms with Gasteiger partial charge in [-0.2, -0.15) is 5.26 Å². The minimum atomic E-state index is -0.573. The summed E-state index contributed by atoms with van der Waals surface area (Å²) < 4.78 is 17.4. The Morgan fingerprint density at radius 2 is 1.85 bits per heavy atom. The van der Waals surface area contributed by atoms with Crippen LogP contribution in [0.4, 0.5) is 10.5 Å². The van der Waals surface area contributed by atoms with Crippen molar-refractivity contribution in [3.63, 3.8) is 0 Å². The first-order valence-corrected chi connectivity index (χ1v) is 13.7. The molecule has 0 aliphatic carbocycles. The molecular weight excluding hydrogens is 598 g/mol. The zero-order valence-corrected chi connectivity index (χ0v) is 24.0. The lowest BCUT2D eigenvalue weighted by Gasteiger charge is -2.14. The van der Waals surface area contributed by atoms with E-state index in [2.05, 4.69) is 27.3 Å². The van der Waals surface area contributed by atoms with Crippen molar-refractivity contribution in [3.05, 3.63) is 86.7 Å². The number of imide groups is 1. The molecule has 1 heterocycles. The summed E-state index contributed by atoms with van der Waals surface area (Å²) in [5.41, 5.74) is 2.34. The zero-order valence-electron chi connectivity index (χ0n) is 21.6. The van der Waals surface area contributed by atoms with E-state index in [4.69, 9.17) is 14.2 Å². The number of rotatable bonds is 10. The van der Waals surface area contributed by atoms with Crippen LogP contribution in [0, 0.1) is 11.3 Å². The van der Waals surface area contributed by atoms with E-state index in [1.165, 1.54) is 7.11 Å². The molecule has 3 aromatic rings. The number of thioether (sulfide) groups is 1. The minimum absolute atomic E-state index is 0.156. The van der Waals surface area contributed by atoms with Gasteiger partial charge < -0.3 is 19.5 Å². The van der Waals surface area contributed by atoms with E-state index >= 15 is 0 Å². The van der Waals surface area contributed by atoms with Crippen molar-refractivity contribution in [3.8, 4) is 23.3 Å². The SMILES string of the molecule is CCOc1ccc(NC(=O)CN2C(=O)S/C(=C/c3cc(OC)c(OCc4ccccc4C#N)cc3Br)C2=O)cc1. The molecule has 1 fully saturated rings. The van der Waals surface area contributed by atoms with E-state index < -0.39 is 23.6 Å². The van der Waals surface area contributed by atoms with Gasteiger partial charge in [-0.05, 0) is 72.8 Å². The Kier molecular flexibility index (Phi) is 9.47. The lowest BCUT2D eigenvalue weighted by Crippen LogP contribution is -2.36. The number of ether oxygens (including phenoxy) is 3. The second kappa shape index (κ2) is 13.2. The normalized spacial score (nSPS) is 13.8. The molecule has 4 rings (SSSR count). The summed E-state index contributed by atoms with van der Waals surface area (Å²) in [5.74, 6) is 0.422. The molecule has 204 valence electrons. The van der Waals surface area contributed by atoms with Crippen LogP contribution in [0.15, 0.2) is 70.0 Å². The number of nitriles is 1. The number of amides is 3. The Labute approximate surface area is 243 Å².